The molecular weight excluding hydrogens is 408 g/mol. The molecule has 0 fully saturated rings. The Morgan fingerprint density at radius 1 is 1.00 bits per heavy atom. The van der Waals surface area contributed by atoms with Crippen LogP contribution in [0.1, 0.15) is 55.8 Å². The van der Waals surface area contributed by atoms with Crippen molar-refractivity contribution in [2.75, 3.05) is 0 Å². The highest BCUT2D eigenvalue weighted by Crippen LogP contribution is 2.35. The molecule has 0 saturated heterocycles. The lowest BCUT2D eigenvalue weighted by molar-refractivity contribution is 0.364. The van der Waals surface area contributed by atoms with Gasteiger partial charge in [-0.05, 0) is 44.0 Å². The quantitative estimate of drug-likeness (QED) is 0.310. The zero-order valence-electron chi connectivity index (χ0n) is 18.6. The van der Waals surface area contributed by atoms with Crippen LogP contribution in [0.3, 0.4) is 0 Å². The van der Waals surface area contributed by atoms with E-state index in [0.717, 1.165) is 16.8 Å². The van der Waals surface area contributed by atoms with E-state index in [9.17, 15) is 4.79 Å². The van der Waals surface area contributed by atoms with Crippen LogP contribution < -0.4 is 5.56 Å². The first-order valence-electron chi connectivity index (χ1n) is 10.3. The molecule has 0 spiro atoms. The molecule has 160 valence electrons. The molecule has 0 radical (unpaired) electrons. The number of para-hydroxylation sites is 2. The lowest BCUT2D eigenvalue weighted by Crippen LogP contribution is -2.23. The van der Waals surface area contributed by atoms with Gasteiger partial charge in [-0.2, -0.15) is 4.98 Å². The maximum absolute atomic E-state index is 13.6. The first-order chi connectivity index (χ1) is 14.7. The standard InChI is InChI=1S/C24H26N4O2S/c1-14-10-9-11-15(2)19(14)28-21(29)17-12-7-8-13-18(17)25-23(28)31-16(3)20-26-22(27-30-20)24(4,5)6/h7-13,16H,1-6H3. The van der Waals surface area contributed by atoms with Crippen molar-refractivity contribution in [2.45, 2.75) is 57.4 Å². The van der Waals surface area contributed by atoms with Crippen molar-refractivity contribution >= 4 is 22.7 Å². The third-order valence-electron chi connectivity index (χ3n) is 5.15. The summed E-state index contributed by atoms with van der Waals surface area (Å²) >= 11 is 1.44. The van der Waals surface area contributed by atoms with Gasteiger partial charge in [-0.3, -0.25) is 9.36 Å². The zero-order chi connectivity index (χ0) is 22.3. The SMILES string of the molecule is Cc1cccc(C)c1-n1c(SC(C)c2nc(C(C)(C)C)no2)nc2ccccc2c1=O. The van der Waals surface area contributed by atoms with E-state index in [0.29, 0.717) is 27.8 Å². The molecule has 4 rings (SSSR count). The number of thioether (sulfide) groups is 1. The molecule has 0 N–H and O–H groups in total. The second kappa shape index (κ2) is 7.96. The van der Waals surface area contributed by atoms with Crippen molar-refractivity contribution in [3.8, 4) is 5.69 Å². The molecule has 2 heterocycles. The Bertz CT molecular complexity index is 1300. The first-order valence-corrected chi connectivity index (χ1v) is 11.1. The smallest absolute Gasteiger partial charge is 0.266 e. The summed E-state index contributed by atoms with van der Waals surface area (Å²) < 4.78 is 7.26. The summed E-state index contributed by atoms with van der Waals surface area (Å²) in [6.45, 7) is 12.1. The Kier molecular flexibility index (Phi) is 5.47. The minimum atomic E-state index is -0.201. The van der Waals surface area contributed by atoms with Crippen LogP contribution in [0.4, 0.5) is 0 Å². The molecule has 0 bridgehead atoms. The molecule has 0 aliphatic heterocycles. The predicted octanol–water partition coefficient (Wildman–Crippen LogP) is 5.54. The number of fused-ring (bicyclic) bond motifs is 1. The summed E-state index contributed by atoms with van der Waals surface area (Å²) in [5.41, 5.74) is 3.28. The van der Waals surface area contributed by atoms with Crippen molar-refractivity contribution in [1.82, 2.24) is 19.7 Å². The zero-order valence-corrected chi connectivity index (χ0v) is 19.4. The Hall–Kier alpha value is -2.93. The number of hydrogen-bond acceptors (Lipinski definition) is 6. The van der Waals surface area contributed by atoms with E-state index < -0.39 is 0 Å². The highest BCUT2D eigenvalue weighted by molar-refractivity contribution is 7.99. The number of aryl methyl sites for hydroxylation is 2. The molecule has 0 saturated carbocycles. The van der Waals surface area contributed by atoms with Crippen molar-refractivity contribution in [3.63, 3.8) is 0 Å². The fraction of sp³-hybridized carbons (Fsp3) is 0.333. The number of hydrogen-bond donors (Lipinski definition) is 0. The summed E-state index contributed by atoms with van der Waals surface area (Å²) in [6.07, 6.45) is 0. The second-order valence-corrected chi connectivity index (χ2v) is 10.1. The number of benzene rings is 2. The minimum absolute atomic E-state index is 0.0846. The van der Waals surface area contributed by atoms with Gasteiger partial charge in [0, 0.05) is 5.41 Å². The van der Waals surface area contributed by atoms with E-state index >= 15 is 0 Å². The second-order valence-electron chi connectivity index (χ2n) is 8.76. The van der Waals surface area contributed by atoms with Gasteiger partial charge in [-0.25, -0.2) is 4.98 Å². The minimum Gasteiger partial charge on any atom is -0.338 e. The molecule has 2 aromatic heterocycles. The van der Waals surface area contributed by atoms with E-state index in [1.165, 1.54) is 11.8 Å². The van der Waals surface area contributed by atoms with Crippen LogP contribution in [0.2, 0.25) is 0 Å². The number of rotatable bonds is 4. The van der Waals surface area contributed by atoms with Gasteiger partial charge < -0.3 is 4.52 Å². The highest BCUT2D eigenvalue weighted by atomic mass is 32.2. The van der Waals surface area contributed by atoms with E-state index in [4.69, 9.17) is 9.51 Å². The molecule has 31 heavy (non-hydrogen) atoms. The Labute approximate surface area is 185 Å². The molecule has 6 nitrogen and oxygen atoms in total. The monoisotopic (exact) mass is 434 g/mol. The highest BCUT2D eigenvalue weighted by Gasteiger charge is 2.25. The maximum Gasteiger partial charge on any atom is 0.266 e. The summed E-state index contributed by atoms with van der Waals surface area (Å²) in [4.78, 5) is 23.0. The van der Waals surface area contributed by atoms with Gasteiger partial charge >= 0.3 is 0 Å². The molecule has 0 aliphatic rings. The normalized spacial score (nSPS) is 13.0. The Morgan fingerprint density at radius 2 is 1.68 bits per heavy atom. The van der Waals surface area contributed by atoms with Crippen LogP contribution in [-0.2, 0) is 5.41 Å². The Balaban J connectivity index is 1.87. The van der Waals surface area contributed by atoms with Crippen LogP contribution in [0.15, 0.2) is 56.9 Å². The van der Waals surface area contributed by atoms with Crippen molar-refractivity contribution in [3.05, 3.63) is 75.7 Å². The van der Waals surface area contributed by atoms with Crippen LogP contribution in [0.25, 0.3) is 16.6 Å². The average Bonchev–Trinajstić information content (AvgIpc) is 3.21. The number of nitrogens with zero attached hydrogens (tertiary/aromatic N) is 4. The van der Waals surface area contributed by atoms with E-state index in [-0.39, 0.29) is 16.2 Å². The largest absolute Gasteiger partial charge is 0.338 e. The molecular formula is C24H26N4O2S. The van der Waals surface area contributed by atoms with Gasteiger partial charge in [0.15, 0.2) is 11.0 Å². The third-order valence-corrected chi connectivity index (χ3v) is 6.19. The van der Waals surface area contributed by atoms with Gasteiger partial charge in [0.05, 0.1) is 21.8 Å². The van der Waals surface area contributed by atoms with Gasteiger partial charge in [0.25, 0.3) is 5.56 Å². The summed E-state index contributed by atoms with van der Waals surface area (Å²) in [5, 5.41) is 5.16. The van der Waals surface area contributed by atoms with Crippen LogP contribution in [0.5, 0.6) is 0 Å². The lowest BCUT2D eigenvalue weighted by Gasteiger charge is -2.18. The topological polar surface area (TPSA) is 73.8 Å². The van der Waals surface area contributed by atoms with Crippen molar-refractivity contribution < 1.29 is 4.52 Å². The van der Waals surface area contributed by atoms with E-state index in [1.54, 1.807) is 4.57 Å². The molecule has 1 unspecified atom stereocenters. The summed E-state index contributed by atoms with van der Waals surface area (Å²) in [5.74, 6) is 1.18. The van der Waals surface area contributed by atoms with E-state index in [2.05, 4.69) is 10.1 Å². The third kappa shape index (κ3) is 4.02. The predicted molar refractivity (Wildman–Crippen MR) is 124 cm³/mol. The molecule has 0 amide bonds. The molecule has 7 heteroatoms. The van der Waals surface area contributed by atoms with Crippen molar-refractivity contribution in [1.29, 1.82) is 0 Å². The summed E-state index contributed by atoms with van der Waals surface area (Å²) in [7, 11) is 0. The summed E-state index contributed by atoms with van der Waals surface area (Å²) in [6, 6.07) is 13.5. The van der Waals surface area contributed by atoms with Gasteiger partial charge in [0.2, 0.25) is 5.89 Å². The van der Waals surface area contributed by atoms with Crippen molar-refractivity contribution in [2.24, 2.45) is 0 Å². The Morgan fingerprint density at radius 3 is 2.32 bits per heavy atom. The van der Waals surface area contributed by atoms with Gasteiger partial charge in [-0.15, -0.1) is 0 Å². The number of aromatic nitrogens is 4. The maximum atomic E-state index is 13.6. The van der Waals surface area contributed by atoms with Gasteiger partial charge in [0.1, 0.15) is 0 Å². The fourth-order valence-corrected chi connectivity index (χ4v) is 4.40. The van der Waals surface area contributed by atoms with Crippen LogP contribution in [0, 0.1) is 13.8 Å². The van der Waals surface area contributed by atoms with Crippen LogP contribution in [-0.4, -0.2) is 19.7 Å². The van der Waals surface area contributed by atoms with Crippen LogP contribution >= 0.6 is 11.8 Å². The molecule has 0 aliphatic carbocycles. The fourth-order valence-electron chi connectivity index (χ4n) is 3.46. The molecule has 1 atom stereocenters. The molecule has 4 aromatic rings. The lowest BCUT2D eigenvalue weighted by atomic mass is 9.96. The first kappa shape index (κ1) is 21.3. The van der Waals surface area contributed by atoms with Gasteiger partial charge in [-0.1, -0.05) is 68.0 Å². The van der Waals surface area contributed by atoms with E-state index in [1.807, 2.05) is 84.0 Å². The average molecular weight is 435 g/mol. The molecule has 2 aromatic carbocycles.